The summed E-state index contributed by atoms with van der Waals surface area (Å²) in [5.74, 6) is -0.661. The third-order valence-electron chi connectivity index (χ3n) is 2.43. The van der Waals surface area contributed by atoms with Crippen molar-refractivity contribution < 1.29 is 22.7 Å². The molecule has 21 heavy (non-hydrogen) atoms. The molecule has 112 valence electrons. The molecule has 0 fully saturated rings. The Bertz CT molecular complexity index is 673. The van der Waals surface area contributed by atoms with E-state index in [4.69, 9.17) is 11.6 Å². The van der Waals surface area contributed by atoms with Crippen LogP contribution in [0.1, 0.15) is 16.1 Å². The number of nitrogens with zero attached hydrogens (tertiary/aromatic N) is 1. The van der Waals surface area contributed by atoms with Gasteiger partial charge in [-0.3, -0.25) is 0 Å². The number of methoxy groups -OCH3 is 1. The number of carbonyl (C=O) groups is 1. The summed E-state index contributed by atoms with van der Waals surface area (Å²) in [6.45, 7) is 0. The molecule has 0 spiro atoms. The van der Waals surface area contributed by atoms with Gasteiger partial charge in [-0.2, -0.15) is 13.2 Å². The van der Waals surface area contributed by atoms with Gasteiger partial charge in [0.15, 0.2) is 10.8 Å². The predicted molar refractivity (Wildman–Crippen MR) is 73.2 cm³/mol. The second kappa shape index (κ2) is 5.90. The number of esters is 1. The van der Waals surface area contributed by atoms with Crippen LogP contribution in [0.2, 0.25) is 5.02 Å². The molecule has 0 atom stereocenters. The van der Waals surface area contributed by atoms with Crippen LogP contribution in [0.3, 0.4) is 0 Å². The minimum Gasteiger partial charge on any atom is -0.464 e. The van der Waals surface area contributed by atoms with E-state index < -0.39 is 17.7 Å². The summed E-state index contributed by atoms with van der Waals surface area (Å²) >= 11 is 6.58. The van der Waals surface area contributed by atoms with Crippen LogP contribution in [-0.4, -0.2) is 18.1 Å². The summed E-state index contributed by atoms with van der Waals surface area (Å²) in [6, 6.07) is 3.34. The van der Waals surface area contributed by atoms with Gasteiger partial charge in [0.05, 0.1) is 18.4 Å². The third kappa shape index (κ3) is 3.64. The Kier molecular flexibility index (Phi) is 4.38. The van der Waals surface area contributed by atoms with Gasteiger partial charge in [0, 0.05) is 10.4 Å². The molecule has 0 radical (unpaired) electrons. The maximum atomic E-state index is 12.9. The van der Waals surface area contributed by atoms with E-state index >= 15 is 0 Å². The number of aromatic nitrogens is 1. The fraction of sp³-hybridized carbons (Fsp3) is 0.167. The van der Waals surface area contributed by atoms with Crippen LogP contribution in [0.4, 0.5) is 24.0 Å². The summed E-state index contributed by atoms with van der Waals surface area (Å²) in [5, 5.41) is 4.03. The van der Waals surface area contributed by atoms with E-state index in [2.05, 4.69) is 15.0 Å². The molecule has 0 saturated carbocycles. The van der Waals surface area contributed by atoms with Crippen molar-refractivity contribution in [2.75, 3.05) is 12.4 Å². The van der Waals surface area contributed by atoms with Gasteiger partial charge in [-0.05, 0) is 18.2 Å². The summed E-state index contributed by atoms with van der Waals surface area (Å²) in [7, 11) is 1.19. The Morgan fingerprint density at radius 3 is 2.76 bits per heavy atom. The number of halogens is 4. The third-order valence-corrected chi connectivity index (χ3v) is 3.42. The lowest BCUT2D eigenvalue weighted by Crippen LogP contribution is -2.09. The molecule has 0 aliphatic carbocycles. The zero-order valence-corrected chi connectivity index (χ0v) is 12.1. The highest BCUT2D eigenvalue weighted by Gasteiger charge is 2.34. The molecule has 9 heteroatoms. The van der Waals surface area contributed by atoms with Gasteiger partial charge in [-0.1, -0.05) is 11.6 Å². The van der Waals surface area contributed by atoms with Crippen LogP contribution < -0.4 is 5.32 Å². The zero-order chi connectivity index (χ0) is 15.6. The SMILES string of the molecule is COC(=O)c1csc(Nc2ccc(Cl)cc2C(F)(F)F)n1. The van der Waals surface area contributed by atoms with Crippen molar-refractivity contribution in [2.24, 2.45) is 0 Å². The molecule has 1 heterocycles. The largest absolute Gasteiger partial charge is 0.464 e. The normalized spacial score (nSPS) is 11.3. The number of rotatable bonds is 3. The highest BCUT2D eigenvalue weighted by Crippen LogP contribution is 2.38. The lowest BCUT2D eigenvalue weighted by atomic mass is 10.1. The first-order valence-electron chi connectivity index (χ1n) is 5.49. The van der Waals surface area contributed by atoms with Crippen molar-refractivity contribution in [3.05, 3.63) is 39.9 Å². The fourth-order valence-electron chi connectivity index (χ4n) is 1.50. The van der Waals surface area contributed by atoms with Crippen molar-refractivity contribution in [3.8, 4) is 0 Å². The standard InChI is InChI=1S/C12H8ClF3N2O2S/c1-20-10(19)9-5-21-11(18-9)17-8-3-2-6(13)4-7(8)12(14,15)16/h2-5H,1H3,(H,17,18). The van der Waals surface area contributed by atoms with Gasteiger partial charge in [0.2, 0.25) is 0 Å². The molecule has 0 aliphatic heterocycles. The van der Waals surface area contributed by atoms with Crippen LogP contribution in [-0.2, 0) is 10.9 Å². The number of nitrogens with one attached hydrogen (secondary N) is 1. The molecule has 2 rings (SSSR count). The molecule has 1 aromatic heterocycles. The Labute approximate surface area is 126 Å². The van der Waals surface area contributed by atoms with E-state index in [1.807, 2.05) is 0 Å². The van der Waals surface area contributed by atoms with Crippen LogP contribution in [0.25, 0.3) is 0 Å². The second-order valence-electron chi connectivity index (χ2n) is 3.84. The summed E-state index contributed by atoms with van der Waals surface area (Å²) in [5.41, 5.74) is -1.09. The average Bonchev–Trinajstić information content (AvgIpc) is 2.87. The average molecular weight is 337 g/mol. The van der Waals surface area contributed by atoms with Gasteiger partial charge >= 0.3 is 12.1 Å². The topological polar surface area (TPSA) is 51.2 Å². The monoisotopic (exact) mass is 336 g/mol. The van der Waals surface area contributed by atoms with E-state index in [0.717, 1.165) is 17.4 Å². The van der Waals surface area contributed by atoms with Crippen molar-refractivity contribution in [2.45, 2.75) is 6.18 Å². The number of thiazole rings is 1. The summed E-state index contributed by atoms with van der Waals surface area (Å²) < 4.78 is 43.3. The predicted octanol–water partition coefficient (Wildman–Crippen LogP) is 4.35. The Morgan fingerprint density at radius 2 is 2.14 bits per heavy atom. The maximum Gasteiger partial charge on any atom is 0.418 e. The molecule has 0 unspecified atom stereocenters. The number of hydrogen-bond acceptors (Lipinski definition) is 5. The van der Waals surface area contributed by atoms with Crippen molar-refractivity contribution in [1.82, 2.24) is 4.98 Å². The van der Waals surface area contributed by atoms with Gasteiger partial charge in [-0.15, -0.1) is 11.3 Å². The lowest BCUT2D eigenvalue weighted by Gasteiger charge is -2.13. The number of ether oxygens (including phenoxy) is 1. The van der Waals surface area contributed by atoms with Gasteiger partial charge in [-0.25, -0.2) is 9.78 Å². The second-order valence-corrected chi connectivity index (χ2v) is 5.14. The van der Waals surface area contributed by atoms with Gasteiger partial charge in [0.25, 0.3) is 0 Å². The van der Waals surface area contributed by atoms with Crippen LogP contribution in [0.15, 0.2) is 23.6 Å². The van der Waals surface area contributed by atoms with Crippen molar-refractivity contribution >= 4 is 39.7 Å². The van der Waals surface area contributed by atoms with E-state index in [1.165, 1.54) is 24.6 Å². The minimum atomic E-state index is -4.56. The van der Waals surface area contributed by atoms with Crippen LogP contribution >= 0.6 is 22.9 Å². The summed E-state index contributed by atoms with van der Waals surface area (Å²) in [4.78, 5) is 15.1. The summed E-state index contributed by atoms with van der Waals surface area (Å²) in [6.07, 6.45) is -4.56. The smallest absolute Gasteiger partial charge is 0.418 e. The number of hydrogen-bond donors (Lipinski definition) is 1. The van der Waals surface area contributed by atoms with Crippen LogP contribution in [0, 0.1) is 0 Å². The van der Waals surface area contributed by atoms with E-state index in [0.29, 0.717) is 0 Å². The molecule has 0 bridgehead atoms. The van der Waals surface area contributed by atoms with E-state index in [-0.39, 0.29) is 21.5 Å². The molecule has 0 saturated heterocycles. The molecule has 4 nitrogen and oxygen atoms in total. The minimum absolute atomic E-state index is 0.0209. The maximum absolute atomic E-state index is 12.9. The lowest BCUT2D eigenvalue weighted by molar-refractivity contribution is -0.136. The van der Waals surface area contributed by atoms with E-state index in [1.54, 1.807) is 0 Å². The number of anilines is 2. The van der Waals surface area contributed by atoms with Crippen molar-refractivity contribution in [3.63, 3.8) is 0 Å². The Balaban J connectivity index is 2.31. The Morgan fingerprint density at radius 1 is 1.43 bits per heavy atom. The molecule has 0 amide bonds. The highest BCUT2D eigenvalue weighted by atomic mass is 35.5. The molecule has 0 aliphatic rings. The van der Waals surface area contributed by atoms with Gasteiger partial charge < -0.3 is 10.1 Å². The molecular weight excluding hydrogens is 329 g/mol. The Hall–Kier alpha value is -1.80. The zero-order valence-electron chi connectivity index (χ0n) is 10.5. The molecule has 1 aromatic carbocycles. The number of carbonyl (C=O) groups excluding carboxylic acids is 1. The first-order chi connectivity index (χ1) is 9.81. The van der Waals surface area contributed by atoms with Crippen LogP contribution in [0.5, 0.6) is 0 Å². The fourth-order valence-corrected chi connectivity index (χ4v) is 2.37. The number of alkyl halides is 3. The van der Waals surface area contributed by atoms with E-state index in [9.17, 15) is 18.0 Å². The number of benzene rings is 1. The van der Waals surface area contributed by atoms with Crippen molar-refractivity contribution in [1.29, 1.82) is 0 Å². The first kappa shape index (κ1) is 15.6. The molecule has 1 N–H and O–H groups in total. The van der Waals surface area contributed by atoms with Gasteiger partial charge in [0.1, 0.15) is 0 Å². The molecular formula is C12H8ClF3N2O2S. The quantitative estimate of drug-likeness (QED) is 0.847. The molecule has 2 aromatic rings. The highest BCUT2D eigenvalue weighted by molar-refractivity contribution is 7.14. The first-order valence-corrected chi connectivity index (χ1v) is 6.74.